The normalized spacial score (nSPS) is 12.3. The Morgan fingerprint density at radius 3 is 2.07 bits per heavy atom. The van der Waals surface area contributed by atoms with Crippen molar-refractivity contribution in [2.24, 2.45) is 0 Å². The molecule has 206 valence electrons. The van der Waals surface area contributed by atoms with E-state index in [4.69, 9.17) is 9.72 Å². The summed E-state index contributed by atoms with van der Waals surface area (Å²) >= 11 is 0. The molecule has 5 aromatic rings. The summed E-state index contributed by atoms with van der Waals surface area (Å²) in [6.07, 6.45) is 0.213. The Morgan fingerprint density at radius 1 is 0.780 bits per heavy atom. The van der Waals surface area contributed by atoms with Crippen LogP contribution >= 0.6 is 0 Å². The van der Waals surface area contributed by atoms with Crippen LogP contribution in [0.4, 0.5) is 0 Å². The zero-order valence-electron chi connectivity index (χ0n) is 23.2. The van der Waals surface area contributed by atoms with Gasteiger partial charge in [-0.15, -0.1) is 0 Å². The van der Waals surface area contributed by atoms with Gasteiger partial charge in [0.2, 0.25) is 5.91 Å². The number of carbonyl (C=O) groups is 2. The third-order valence-corrected chi connectivity index (χ3v) is 6.90. The van der Waals surface area contributed by atoms with E-state index in [0.717, 1.165) is 16.7 Å². The standard InChI is InChI=1S/C35H33N3O3/c1-3-29(26-17-9-5-10-18-26)38-35(40)32-28-21-13-14-22-30(28)37-33(27-19-11-6-12-20-27)34(32)41-24(2)36-31(39)23-25-15-7-4-8-16-25/h4-22,24,29H,3,23H2,1-2H3,(H,36,39)(H,38,40). The number of para-hydroxylation sites is 1. The predicted molar refractivity (Wildman–Crippen MR) is 162 cm³/mol. The summed E-state index contributed by atoms with van der Waals surface area (Å²) in [5.74, 6) is -0.128. The third kappa shape index (κ3) is 6.61. The molecular weight excluding hydrogens is 510 g/mol. The topological polar surface area (TPSA) is 80.3 Å². The second-order valence-electron chi connectivity index (χ2n) is 9.88. The Morgan fingerprint density at radius 2 is 1.39 bits per heavy atom. The fourth-order valence-corrected chi connectivity index (χ4v) is 4.93. The summed E-state index contributed by atoms with van der Waals surface area (Å²) in [6, 6.07) is 36.4. The van der Waals surface area contributed by atoms with E-state index >= 15 is 0 Å². The molecule has 41 heavy (non-hydrogen) atoms. The maximum absolute atomic E-state index is 14.1. The Bertz CT molecular complexity index is 1620. The van der Waals surface area contributed by atoms with Crippen LogP contribution in [0.25, 0.3) is 22.2 Å². The van der Waals surface area contributed by atoms with Crippen molar-refractivity contribution < 1.29 is 14.3 Å². The number of carbonyl (C=O) groups excluding carboxylic acids is 2. The fourth-order valence-electron chi connectivity index (χ4n) is 4.93. The molecule has 1 heterocycles. The van der Waals surface area contributed by atoms with Crippen LogP contribution in [0.1, 0.15) is 47.8 Å². The van der Waals surface area contributed by atoms with Gasteiger partial charge < -0.3 is 15.4 Å². The molecule has 0 fully saturated rings. The first-order chi connectivity index (χ1) is 20.0. The first-order valence-corrected chi connectivity index (χ1v) is 13.9. The molecule has 2 N–H and O–H groups in total. The Balaban J connectivity index is 1.55. The quantitative estimate of drug-likeness (QED) is 0.189. The summed E-state index contributed by atoms with van der Waals surface area (Å²) in [5.41, 5.74) is 4.33. The van der Waals surface area contributed by atoms with Crippen molar-refractivity contribution in [3.8, 4) is 17.0 Å². The molecule has 0 radical (unpaired) electrons. The lowest BCUT2D eigenvalue weighted by molar-refractivity contribution is -0.122. The minimum Gasteiger partial charge on any atom is -0.468 e. The van der Waals surface area contributed by atoms with Crippen molar-refractivity contribution in [2.75, 3.05) is 0 Å². The fraction of sp³-hybridized carbons (Fsp3) is 0.171. The van der Waals surface area contributed by atoms with Crippen LogP contribution in [0.15, 0.2) is 115 Å². The van der Waals surface area contributed by atoms with Crippen LogP contribution in [0, 0.1) is 0 Å². The van der Waals surface area contributed by atoms with Crippen molar-refractivity contribution in [2.45, 2.75) is 39.0 Å². The lowest BCUT2D eigenvalue weighted by Crippen LogP contribution is -2.38. The van der Waals surface area contributed by atoms with Crippen molar-refractivity contribution in [3.63, 3.8) is 0 Å². The van der Waals surface area contributed by atoms with Crippen LogP contribution in [0.3, 0.4) is 0 Å². The monoisotopic (exact) mass is 543 g/mol. The highest BCUT2D eigenvalue weighted by Crippen LogP contribution is 2.37. The minimum atomic E-state index is -0.723. The SMILES string of the molecule is CCC(NC(=O)c1c(OC(C)NC(=O)Cc2ccccc2)c(-c2ccccc2)nc2ccccc12)c1ccccc1. The van der Waals surface area contributed by atoms with Gasteiger partial charge in [-0.05, 0) is 30.5 Å². The van der Waals surface area contributed by atoms with Crippen molar-refractivity contribution in [1.82, 2.24) is 15.6 Å². The van der Waals surface area contributed by atoms with Gasteiger partial charge in [0.1, 0.15) is 5.69 Å². The van der Waals surface area contributed by atoms with E-state index in [0.29, 0.717) is 34.3 Å². The smallest absolute Gasteiger partial charge is 0.256 e. The molecule has 2 unspecified atom stereocenters. The number of pyridine rings is 1. The van der Waals surface area contributed by atoms with Gasteiger partial charge in [0, 0.05) is 10.9 Å². The molecule has 2 amide bonds. The molecule has 0 aliphatic heterocycles. The molecule has 6 heteroatoms. The molecule has 6 nitrogen and oxygen atoms in total. The molecule has 0 aliphatic carbocycles. The number of nitrogens with one attached hydrogen (secondary N) is 2. The van der Waals surface area contributed by atoms with Gasteiger partial charge >= 0.3 is 0 Å². The number of aromatic nitrogens is 1. The third-order valence-electron chi connectivity index (χ3n) is 6.90. The van der Waals surface area contributed by atoms with E-state index in [1.165, 1.54) is 0 Å². The predicted octanol–water partition coefficient (Wildman–Crippen LogP) is 6.87. The van der Waals surface area contributed by atoms with E-state index < -0.39 is 6.23 Å². The van der Waals surface area contributed by atoms with Crippen molar-refractivity contribution in [3.05, 3.63) is 132 Å². The zero-order chi connectivity index (χ0) is 28.6. The number of amides is 2. The lowest BCUT2D eigenvalue weighted by Gasteiger charge is -2.24. The van der Waals surface area contributed by atoms with Gasteiger partial charge in [0.25, 0.3) is 5.91 Å². The number of ether oxygens (including phenoxy) is 1. The average molecular weight is 544 g/mol. The molecule has 0 bridgehead atoms. The van der Waals surface area contributed by atoms with Crippen LogP contribution < -0.4 is 15.4 Å². The number of nitrogens with zero attached hydrogens (tertiary/aromatic N) is 1. The van der Waals surface area contributed by atoms with Crippen LogP contribution in [-0.4, -0.2) is 23.0 Å². The number of rotatable bonds is 10. The Kier molecular flexibility index (Phi) is 8.70. The lowest BCUT2D eigenvalue weighted by atomic mass is 10.00. The minimum absolute atomic E-state index is 0.181. The van der Waals surface area contributed by atoms with Gasteiger partial charge in [-0.3, -0.25) is 9.59 Å². The molecule has 2 atom stereocenters. The van der Waals surface area contributed by atoms with Crippen molar-refractivity contribution >= 4 is 22.7 Å². The molecule has 0 aliphatic rings. The second-order valence-corrected chi connectivity index (χ2v) is 9.88. The maximum atomic E-state index is 14.1. The van der Waals surface area contributed by atoms with Crippen LogP contribution in [0.2, 0.25) is 0 Å². The zero-order valence-corrected chi connectivity index (χ0v) is 23.2. The molecule has 4 aromatic carbocycles. The van der Waals surface area contributed by atoms with Crippen molar-refractivity contribution in [1.29, 1.82) is 0 Å². The van der Waals surface area contributed by atoms with E-state index in [2.05, 4.69) is 10.6 Å². The summed E-state index contributed by atoms with van der Waals surface area (Å²) in [6.45, 7) is 3.80. The largest absolute Gasteiger partial charge is 0.468 e. The highest BCUT2D eigenvalue weighted by atomic mass is 16.5. The van der Waals surface area contributed by atoms with Crippen LogP contribution in [-0.2, 0) is 11.2 Å². The molecule has 5 rings (SSSR count). The van der Waals surface area contributed by atoms with E-state index in [1.807, 2.05) is 122 Å². The number of benzene rings is 4. The number of hydrogen-bond donors (Lipinski definition) is 2. The molecule has 0 spiro atoms. The highest BCUT2D eigenvalue weighted by molar-refractivity contribution is 6.10. The highest BCUT2D eigenvalue weighted by Gasteiger charge is 2.26. The van der Waals surface area contributed by atoms with E-state index in [1.54, 1.807) is 6.92 Å². The Labute approximate surface area is 240 Å². The van der Waals surface area contributed by atoms with Crippen LogP contribution in [0.5, 0.6) is 5.75 Å². The summed E-state index contributed by atoms with van der Waals surface area (Å²) in [5, 5.41) is 6.82. The van der Waals surface area contributed by atoms with Gasteiger partial charge in [0.15, 0.2) is 12.0 Å². The molecule has 0 saturated carbocycles. The first-order valence-electron chi connectivity index (χ1n) is 13.9. The molecule has 0 saturated heterocycles. The van der Waals surface area contributed by atoms with Gasteiger partial charge in [-0.2, -0.15) is 0 Å². The van der Waals surface area contributed by atoms with Gasteiger partial charge in [0.05, 0.1) is 23.5 Å². The number of hydrogen-bond acceptors (Lipinski definition) is 4. The van der Waals surface area contributed by atoms with E-state index in [-0.39, 0.29) is 24.3 Å². The summed E-state index contributed by atoms with van der Waals surface area (Å²) < 4.78 is 6.43. The van der Waals surface area contributed by atoms with Gasteiger partial charge in [-0.1, -0.05) is 116 Å². The Hall–Kier alpha value is -4.97. The first kappa shape index (κ1) is 27.6. The summed E-state index contributed by atoms with van der Waals surface area (Å²) in [7, 11) is 0. The summed E-state index contributed by atoms with van der Waals surface area (Å²) in [4.78, 5) is 31.9. The maximum Gasteiger partial charge on any atom is 0.256 e. The number of fused-ring (bicyclic) bond motifs is 1. The molecular formula is C35H33N3O3. The molecule has 1 aromatic heterocycles. The second kappa shape index (κ2) is 12.9. The van der Waals surface area contributed by atoms with E-state index in [9.17, 15) is 9.59 Å². The van der Waals surface area contributed by atoms with Gasteiger partial charge in [-0.25, -0.2) is 4.98 Å². The average Bonchev–Trinajstić information content (AvgIpc) is 3.00.